The number of rotatable bonds is 6. The molecular weight excluding hydrogens is 246 g/mol. The lowest BCUT2D eigenvalue weighted by molar-refractivity contribution is -0.393. The van der Waals surface area contributed by atoms with Crippen LogP contribution in [-0.2, 0) is 0 Å². The highest BCUT2D eigenvalue weighted by atomic mass is 16.7. The lowest BCUT2D eigenvalue weighted by Crippen LogP contribution is -1.98. The van der Waals surface area contributed by atoms with Gasteiger partial charge in [-0.2, -0.15) is 5.10 Å². The van der Waals surface area contributed by atoms with E-state index in [1.807, 2.05) is 6.92 Å². The average molecular weight is 258 g/mol. The van der Waals surface area contributed by atoms with Crippen molar-refractivity contribution in [3.05, 3.63) is 38.4 Å². The number of anilines is 1. The van der Waals surface area contributed by atoms with Crippen LogP contribution in [0.5, 0.6) is 0 Å². The smallest absolute Gasteiger partial charge is 0.272 e. The molecule has 0 aromatic heterocycles. The number of nitrogens with zero attached hydrogens (tertiary/aromatic N) is 3. The first-order valence-electron chi connectivity index (χ1n) is 5.26. The number of nitro benzene ring substituents is 2. The Labute approximate surface area is 103 Å². The van der Waals surface area contributed by atoms with E-state index in [0.29, 0.717) is 0 Å². The molecule has 0 unspecified atom stereocenters. The van der Waals surface area contributed by atoms with Crippen LogP contribution in [-0.4, -0.2) is 16.1 Å². The van der Waals surface area contributed by atoms with Crippen molar-refractivity contribution >= 4 is 23.3 Å². The zero-order valence-corrected chi connectivity index (χ0v) is 9.70. The summed E-state index contributed by atoms with van der Waals surface area (Å²) in [6.45, 7) is 1.97. The molecule has 1 aromatic rings. The molecule has 0 radical (unpaired) electrons. The molecule has 0 aliphatic rings. The van der Waals surface area contributed by atoms with Crippen molar-refractivity contribution in [1.82, 2.24) is 0 Å². The van der Waals surface area contributed by atoms with Gasteiger partial charge in [0.25, 0.3) is 5.69 Å². The summed E-state index contributed by atoms with van der Waals surface area (Å²) in [5, 5.41) is 25.1. The van der Waals surface area contributed by atoms with Gasteiger partial charge in [0.1, 0.15) is 5.69 Å². The Hall–Kier alpha value is -2.51. The topological polar surface area (TPSA) is 111 Å². The molecule has 1 rings (SSSR count). The molecule has 1 N–H and O–H groups in total. The van der Waals surface area contributed by atoms with Crippen molar-refractivity contribution in [2.45, 2.75) is 19.8 Å². The summed E-state index contributed by atoms with van der Waals surface area (Å²) in [4.78, 5) is 19.9. The molecule has 0 aliphatic heterocycles. The molecule has 0 aliphatic carbocycles. The highest BCUT2D eigenvalue weighted by Crippen LogP contribution is 2.28. The fourth-order valence-electron chi connectivity index (χ4n) is 1.19. The molecule has 8 nitrogen and oxygen atoms in total. The first-order chi connectivity index (χ1) is 8.56. The molecule has 0 amide bonds. The van der Waals surface area contributed by atoms with Gasteiger partial charge in [-0.3, -0.25) is 25.7 Å². The number of non-ortho nitro benzene ring substituents is 1. The maximum absolute atomic E-state index is 10.8. The molecule has 18 heavy (non-hydrogen) atoms. The number of nitro groups is 2. The van der Waals surface area contributed by atoms with Crippen LogP contribution in [0.4, 0.5) is 17.1 Å². The summed E-state index contributed by atoms with van der Waals surface area (Å²) in [6.07, 6.45) is 3.24. The maximum Gasteiger partial charge on any atom is 0.301 e. The molecule has 0 heterocycles. The van der Waals surface area contributed by atoms with Gasteiger partial charge < -0.3 is 0 Å². The molecular formula is C10H12N4O4. The average Bonchev–Trinajstić information content (AvgIpc) is 2.34. The Morgan fingerprint density at radius 1 is 1.33 bits per heavy atom. The van der Waals surface area contributed by atoms with E-state index in [1.54, 1.807) is 6.21 Å². The summed E-state index contributed by atoms with van der Waals surface area (Å²) >= 11 is 0. The van der Waals surface area contributed by atoms with Crippen molar-refractivity contribution < 1.29 is 9.85 Å². The second-order valence-corrected chi connectivity index (χ2v) is 3.43. The lowest BCUT2D eigenvalue weighted by atomic mass is 10.4. The first kappa shape index (κ1) is 13.6. The van der Waals surface area contributed by atoms with Gasteiger partial charge in [-0.15, -0.1) is 0 Å². The minimum Gasteiger partial charge on any atom is -0.272 e. The molecule has 0 spiro atoms. The van der Waals surface area contributed by atoms with Crippen LogP contribution in [0.1, 0.15) is 19.8 Å². The highest BCUT2D eigenvalue weighted by Gasteiger charge is 2.18. The largest absolute Gasteiger partial charge is 0.301 e. The summed E-state index contributed by atoms with van der Waals surface area (Å²) in [6, 6.07) is 3.35. The minimum atomic E-state index is -0.690. The van der Waals surface area contributed by atoms with Gasteiger partial charge in [-0.25, -0.2) is 0 Å². The van der Waals surface area contributed by atoms with Crippen LogP contribution < -0.4 is 5.43 Å². The molecule has 0 fully saturated rings. The van der Waals surface area contributed by atoms with Crippen molar-refractivity contribution in [3.8, 4) is 0 Å². The third kappa shape index (κ3) is 3.51. The summed E-state index contributed by atoms with van der Waals surface area (Å²) in [7, 11) is 0. The number of benzene rings is 1. The maximum atomic E-state index is 10.8. The fraction of sp³-hybridized carbons (Fsp3) is 0.300. The third-order valence-corrected chi connectivity index (χ3v) is 2.08. The van der Waals surface area contributed by atoms with Crippen LogP contribution in [0, 0.1) is 20.2 Å². The molecule has 0 saturated heterocycles. The Kier molecular flexibility index (Phi) is 4.73. The molecule has 96 valence electrons. The number of nitrogens with one attached hydrogen (secondary N) is 1. The minimum absolute atomic E-state index is 0.123. The van der Waals surface area contributed by atoms with E-state index < -0.39 is 9.85 Å². The summed E-state index contributed by atoms with van der Waals surface area (Å²) in [5.41, 5.74) is 1.92. The number of unbranched alkanes of at least 4 members (excludes halogenated alkanes) is 1. The van der Waals surface area contributed by atoms with Gasteiger partial charge >= 0.3 is 5.69 Å². The van der Waals surface area contributed by atoms with E-state index in [2.05, 4.69) is 10.5 Å². The van der Waals surface area contributed by atoms with Crippen LogP contribution >= 0.6 is 0 Å². The zero-order valence-electron chi connectivity index (χ0n) is 9.70. The second kappa shape index (κ2) is 6.28. The van der Waals surface area contributed by atoms with Crippen molar-refractivity contribution in [1.29, 1.82) is 0 Å². The van der Waals surface area contributed by atoms with Gasteiger partial charge in [-0.1, -0.05) is 13.3 Å². The van der Waals surface area contributed by atoms with Crippen LogP contribution in [0.25, 0.3) is 0 Å². The number of hydrazone groups is 1. The summed E-state index contributed by atoms with van der Waals surface area (Å²) < 4.78 is 0. The molecule has 0 bridgehead atoms. The summed E-state index contributed by atoms with van der Waals surface area (Å²) in [5.74, 6) is 0. The normalized spacial score (nSPS) is 10.5. The standard InChI is InChI=1S/C10H12N4O4/c1-2-3-6-11-12-9-5-4-8(13(15)16)7-10(9)14(17)18/h4-7,12H,2-3H2,1H3/b11-6+/i4+1,5+1,7+1,8+1,9+1,10+1. The second-order valence-electron chi connectivity index (χ2n) is 3.43. The fourth-order valence-corrected chi connectivity index (χ4v) is 1.19. The van der Waals surface area contributed by atoms with Crippen LogP contribution in [0.15, 0.2) is 23.3 Å². The first-order valence-corrected chi connectivity index (χ1v) is 5.26. The Morgan fingerprint density at radius 2 is 2.06 bits per heavy atom. The predicted molar refractivity (Wildman–Crippen MR) is 66.8 cm³/mol. The van der Waals surface area contributed by atoms with Gasteiger partial charge in [-0.05, 0) is 12.5 Å². The van der Waals surface area contributed by atoms with Gasteiger partial charge in [0, 0.05) is 12.3 Å². The lowest BCUT2D eigenvalue weighted by Gasteiger charge is -2.01. The van der Waals surface area contributed by atoms with E-state index in [9.17, 15) is 20.2 Å². The third-order valence-electron chi connectivity index (χ3n) is 2.08. The Morgan fingerprint density at radius 3 is 2.61 bits per heavy atom. The van der Waals surface area contributed by atoms with Crippen LogP contribution in [0.3, 0.4) is 0 Å². The van der Waals surface area contributed by atoms with Crippen LogP contribution in [0.2, 0.25) is 0 Å². The zero-order chi connectivity index (χ0) is 13.5. The number of hydrogen-bond donors (Lipinski definition) is 1. The van der Waals surface area contributed by atoms with E-state index in [-0.39, 0.29) is 17.1 Å². The Balaban J connectivity index is 2.97. The van der Waals surface area contributed by atoms with E-state index in [1.165, 1.54) is 12.1 Å². The monoisotopic (exact) mass is 258 g/mol. The number of hydrogen-bond acceptors (Lipinski definition) is 6. The van der Waals surface area contributed by atoms with E-state index >= 15 is 0 Å². The molecule has 8 heteroatoms. The SMILES string of the molecule is CCC/C=N/N[13c]1[13cH][13cH][13c]([N+](=O)[O-])[13cH][13c]1[N+](=O)[O-]. The van der Waals surface area contributed by atoms with Gasteiger partial charge in [0.15, 0.2) is 0 Å². The van der Waals surface area contributed by atoms with Crippen molar-refractivity contribution in [2.24, 2.45) is 5.10 Å². The van der Waals surface area contributed by atoms with E-state index in [0.717, 1.165) is 18.9 Å². The van der Waals surface area contributed by atoms with Gasteiger partial charge in [0.2, 0.25) is 0 Å². The van der Waals surface area contributed by atoms with E-state index in [4.69, 9.17) is 0 Å². The molecule has 1 aromatic carbocycles. The van der Waals surface area contributed by atoms with Gasteiger partial charge in [0.05, 0.1) is 15.9 Å². The quantitative estimate of drug-likeness (QED) is 0.479. The highest BCUT2D eigenvalue weighted by molar-refractivity contribution is 5.67. The van der Waals surface area contributed by atoms with Crippen molar-refractivity contribution in [3.63, 3.8) is 0 Å². The van der Waals surface area contributed by atoms with Crippen molar-refractivity contribution in [2.75, 3.05) is 5.43 Å². The Bertz CT molecular complexity index is 487. The molecule has 0 saturated carbocycles. The molecule has 0 atom stereocenters. The predicted octanol–water partition coefficient (Wildman–Crippen LogP) is 2.70.